The molecule has 3 heterocycles. The number of carbonyl (C=O) groups excluding carboxylic acids is 1. The lowest BCUT2D eigenvalue weighted by Gasteiger charge is -2.32. The van der Waals surface area contributed by atoms with Crippen LogP contribution < -0.4 is 5.32 Å². The molecular formula is C17H20N4O2. The van der Waals surface area contributed by atoms with Gasteiger partial charge in [0.05, 0.1) is 6.26 Å². The Morgan fingerprint density at radius 3 is 2.74 bits per heavy atom. The first-order valence-electron chi connectivity index (χ1n) is 8.22. The summed E-state index contributed by atoms with van der Waals surface area (Å²) >= 11 is 0. The molecular weight excluding hydrogens is 292 g/mol. The highest BCUT2D eigenvalue weighted by Gasteiger charge is 2.28. The number of hydrogen-bond acceptors (Lipinski definition) is 5. The molecule has 0 unspecified atom stereocenters. The molecule has 120 valence electrons. The monoisotopic (exact) mass is 312 g/mol. The molecule has 0 spiro atoms. The normalized spacial score (nSPS) is 18.9. The highest BCUT2D eigenvalue weighted by atomic mass is 16.3. The standard InChI is InChI=1S/C17H20N4O2/c22-17(14-2-1-11-23-14)21-9-6-13(7-10-21)19-15-5-8-18-16(20-15)12-3-4-12/h1-2,5,8,11-13H,3-4,6-7,9-10H2,(H,18,19,20). The molecule has 0 atom stereocenters. The number of anilines is 1. The average molecular weight is 312 g/mol. The van der Waals surface area contributed by atoms with E-state index in [1.807, 2.05) is 17.2 Å². The lowest BCUT2D eigenvalue weighted by Crippen LogP contribution is -2.42. The largest absolute Gasteiger partial charge is 0.459 e. The minimum absolute atomic E-state index is 0.0218. The van der Waals surface area contributed by atoms with Crippen molar-refractivity contribution in [3.63, 3.8) is 0 Å². The Hall–Kier alpha value is -2.37. The van der Waals surface area contributed by atoms with Crippen molar-refractivity contribution in [3.8, 4) is 0 Å². The number of amides is 1. The van der Waals surface area contributed by atoms with E-state index in [4.69, 9.17) is 4.42 Å². The van der Waals surface area contributed by atoms with Crippen LogP contribution in [-0.2, 0) is 0 Å². The molecule has 1 N–H and O–H groups in total. The van der Waals surface area contributed by atoms with E-state index in [1.54, 1.807) is 12.1 Å². The van der Waals surface area contributed by atoms with Crippen molar-refractivity contribution < 1.29 is 9.21 Å². The Morgan fingerprint density at radius 1 is 1.22 bits per heavy atom. The molecule has 1 amide bonds. The predicted octanol–water partition coefficient (Wildman–Crippen LogP) is 2.66. The minimum Gasteiger partial charge on any atom is -0.459 e. The van der Waals surface area contributed by atoms with Crippen LogP contribution in [0.15, 0.2) is 35.1 Å². The molecule has 6 heteroatoms. The summed E-state index contributed by atoms with van der Waals surface area (Å²) in [5.41, 5.74) is 0. The summed E-state index contributed by atoms with van der Waals surface area (Å²) in [5.74, 6) is 2.82. The highest BCUT2D eigenvalue weighted by molar-refractivity contribution is 5.91. The number of nitrogens with zero attached hydrogens (tertiary/aromatic N) is 3. The Kier molecular flexibility index (Phi) is 3.73. The van der Waals surface area contributed by atoms with Gasteiger partial charge in [-0.3, -0.25) is 4.79 Å². The summed E-state index contributed by atoms with van der Waals surface area (Å²) in [5, 5.41) is 3.49. The van der Waals surface area contributed by atoms with Crippen molar-refractivity contribution in [2.45, 2.75) is 37.6 Å². The summed E-state index contributed by atoms with van der Waals surface area (Å²) < 4.78 is 5.19. The zero-order valence-electron chi connectivity index (χ0n) is 12.9. The molecule has 0 bridgehead atoms. The molecule has 23 heavy (non-hydrogen) atoms. The van der Waals surface area contributed by atoms with Crippen molar-refractivity contribution >= 4 is 11.7 Å². The van der Waals surface area contributed by atoms with E-state index in [-0.39, 0.29) is 5.91 Å². The van der Waals surface area contributed by atoms with E-state index in [9.17, 15) is 4.79 Å². The van der Waals surface area contributed by atoms with Crippen molar-refractivity contribution in [3.05, 3.63) is 42.2 Å². The molecule has 0 aromatic carbocycles. The van der Waals surface area contributed by atoms with Crippen LogP contribution in [0.1, 0.15) is 48.0 Å². The Bertz CT molecular complexity index is 674. The smallest absolute Gasteiger partial charge is 0.289 e. The molecule has 1 aliphatic carbocycles. The van der Waals surface area contributed by atoms with Crippen molar-refractivity contribution in [1.29, 1.82) is 0 Å². The van der Waals surface area contributed by atoms with Gasteiger partial charge < -0.3 is 14.6 Å². The van der Waals surface area contributed by atoms with Crippen molar-refractivity contribution in [1.82, 2.24) is 14.9 Å². The first-order valence-corrected chi connectivity index (χ1v) is 8.22. The summed E-state index contributed by atoms with van der Waals surface area (Å²) in [6.07, 6.45) is 7.60. The third-order valence-corrected chi connectivity index (χ3v) is 4.48. The summed E-state index contributed by atoms with van der Waals surface area (Å²) in [6, 6.07) is 5.73. The van der Waals surface area contributed by atoms with E-state index in [1.165, 1.54) is 19.1 Å². The quantitative estimate of drug-likeness (QED) is 0.940. The fraction of sp³-hybridized carbons (Fsp3) is 0.471. The molecule has 2 fully saturated rings. The Balaban J connectivity index is 1.33. The third kappa shape index (κ3) is 3.21. The van der Waals surface area contributed by atoms with Crippen LogP contribution in [0.2, 0.25) is 0 Å². The van der Waals surface area contributed by atoms with Crippen LogP contribution in [0.5, 0.6) is 0 Å². The number of rotatable bonds is 4. The average Bonchev–Trinajstić information content (AvgIpc) is 3.30. The van der Waals surface area contributed by atoms with E-state index in [0.29, 0.717) is 17.7 Å². The number of aromatic nitrogens is 2. The maximum absolute atomic E-state index is 12.2. The fourth-order valence-corrected chi connectivity index (χ4v) is 2.98. The Morgan fingerprint density at radius 2 is 2.04 bits per heavy atom. The molecule has 6 nitrogen and oxygen atoms in total. The maximum atomic E-state index is 12.2. The van der Waals surface area contributed by atoms with Gasteiger partial charge >= 0.3 is 0 Å². The van der Waals surface area contributed by atoms with Crippen LogP contribution in [0.4, 0.5) is 5.82 Å². The van der Waals surface area contributed by atoms with Gasteiger partial charge in [-0.25, -0.2) is 9.97 Å². The third-order valence-electron chi connectivity index (χ3n) is 4.48. The van der Waals surface area contributed by atoms with Crippen molar-refractivity contribution in [2.24, 2.45) is 0 Å². The van der Waals surface area contributed by atoms with Gasteiger partial charge in [-0.2, -0.15) is 0 Å². The molecule has 2 aromatic rings. The van der Waals surface area contributed by atoms with Gasteiger partial charge in [0.1, 0.15) is 11.6 Å². The lowest BCUT2D eigenvalue weighted by molar-refractivity contribution is 0.0686. The van der Waals surface area contributed by atoms with Crippen LogP contribution in [0.25, 0.3) is 0 Å². The second kappa shape index (κ2) is 6.02. The molecule has 2 aromatic heterocycles. The number of carbonyl (C=O) groups is 1. The SMILES string of the molecule is O=C(c1ccco1)N1CCC(Nc2ccnc(C3CC3)n2)CC1. The van der Waals surface area contributed by atoms with Crippen molar-refractivity contribution in [2.75, 3.05) is 18.4 Å². The molecule has 2 aliphatic rings. The topological polar surface area (TPSA) is 71.3 Å². The minimum atomic E-state index is -0.0218. The summed E-state index contributed by atoms with van der Waals surface area (Å²) in [4.78, 5) is 23.0. The molecule has 0 radical (unpaired) electrons. The zero-order valence-corrected chi connectivity index (χ0v) is 12.9. The van der Waals surface area contributed by atoms with Gasteiger partial charge in [-0.1, -0.05) is 0 Å². The molecule has 1 aliphatic heterocycles. The number of furan rings is 1. The van der Waals surface area contributed by atoms with Gasteiger partial charge in [0.2, 0.25) is 0 Å². The number of nitrogens with one attached hydrogen (secondary N) is 1. The predicted molar refractivity (Wildman–Crippen MR) is 85.3 cm³/mol. The summed E-state index contributed by atoms with van der Waals surface area (Å²) in [6.45, 7) is 1.47. The first-order chi connectivity index (χ1) is 11.3. The maximum Gasteiger partial charge on any atom is 0.289 e. The van der Waals surface area contributed by atoms with E-state index in [2.05, 4.69) is 15.3 Å². The van der Waals surface area contributed by atoms with Gasteiger partial charge in [0.15, 0.2) is 5.76 Å². The van der Waals surface area contributed by atoms with Crippen LogP contribution in [-0.4, -0.2) is 39.9 Å². The number of hydrogen-bond donors (Lipinski definition) is 1. The van der Waals surface area contributed by atoms with E-state index >= 15 is 0 Å². The first kappa shape index (κ1) is 14.2. The van der Waals surface area contributed by atoms with E-state index < -0.39 is 0 Å². The van der Waals surface area contributed by atoms with Gasteiger partial charge in [0, 0.05) is 31.2 Å². The second-order valence-corrected chi connectivity index (χ2v) is 6.26. The van der Waals surface area contributed by atoms with Crippen LogP contribution in [0.3, 0.4) is 0 Å². The van der Waals surface area contributed by atoms with Crippen LogP contribution in [0, 0.1) is 0 Å². The lowest BCUT2D eigenvalue weighted by atomic mass is 10.0. The molecule has 1 saturated heterocycles. The molecule has 4 rings (SSSR count). The zero-order chi connectivity index (χ0) is 15.6. The van der Waals surface area contributed by atoms with Gasteiger partial charge in [-0.15, -0.1) is 0 Å². The number of likely N-dealkylation sites (tertiary alicyclic amines) is 1. The Labute approximate surface area is 134 Å². The number of piperidine rings is 1. The van der Waals surface area contributed by atoms with Gasteiger partial charge in [-0.05, 0) is 43.9 Å². The van der Waals surface area contributed by atoms with E-state index in [0.717, 1.165) is 37.6 Å². The van der Waals surface area contributed by atoms with Gasteiger partial charge in [0.25, 0.3) is 5.91 Å². The molecule has 1 saturated carbocycles. The second-order valence-electron chi connectivity index (χ2n) is 6.26. The highest BCUT2D eigenvalue weighted by Crippen LogP contribution is 2.38. The fourth-order valence-electron chi connectivity index (χ4n) is 2.98. The summed E-state index contributed by atoms with van der Waals surface area (Å²) in [7, 11) is 0. The van der Waals surface area contributed by atoms with Crippen LogP contribution >= 0.6 is 0 Å².